The number of carbonyl (C=O) groups is 1. The number of nitrogen functional groups attached to an aromatic ring is 1. The number of aldehydes is 1. The maximum absolute atomic E-state index is 9.94. The average molecular weight is 157 g/mol. The van der Waals surface area contributed by atoms with Gasteiger partial charge in [0.25, 0.3) is 0 Å². The molecule has 11 heavy (non-hydrogen) atoms. The van der Waals surface area contributed by atoms with E-state index in [0.29, 0.717) is 17.7 Å². The molecule has 1 rings (SSSR count). The summed E-state index contributed by atoms with van der Waals surface area (Å²) in [5.41, 5.74) is 5.95. The highest BCUT2D eigenvalue weighted by Gasteiger charge is 1.94. The molecule has 0 aliphatic rings. The number of hydrogen-bond donors (Lipinski definition) is 2. The zero-order chi connectivity index (χ0) is 8.69. The van der Waals surface area contributed by atoms with Gasteiger partial charge in [-0.15, -0.1) is 0 Å². The quantitative estimate of drug-likeness (QED) is 0.565. The van der Waals surface area contributed by atoms with Crippen molar-refractivity contribution in [1.82, 2.24) is 10.2 Å². The minimum absolute atomic E-state index is 0.338. The highest BCUT2D eigenvalue weighted by atomic mass is 16.4. The van der Waals surface area contributed by atoms with Gasteiger partial charge in [-0.2, -0.15) is 5.10 Å². The van der Waals surface area contributed by atoms with E-state index in [-0.39, 0.29) is 0 Å². The number of hydrogen-bond acceptors (Lipinski definition) is 4. The smallest absolute Gasteiger partial charge is 0.169 e. The van der Waals surface area contributed by atoms with Gasteiger partial charge in [0.1, 0.15) is 5.69 Å². The molecule has 0 amide bonds. The van der Waals surface area contributed by atoms with Gasteiger partial charge in [-0.1, -0.05) is 0 Å². The van der Waals surface area contributed by atoms with Crippen molar-refractivity contribution in [3.8, 4) is 0 Å². The van der Waals surface area contributed by atoms with E-state index in [2.05, 4.69) is 14.9 Å². The average Bonchev–Trinajstić information content (AvgIpc) is 2.36. The lowest BCUT2D eigenvalue weighted by Gasteiger charge is -1.79. The second-order valence-electron chi connectivity index (χ2n) is 1.77. The Kier molecular flexibility index (Phi) is 4.76. The van der Waals surface area contributed by atoms with E-state index in [4.69, 9.17) is 5.73 Å². The van der Waals surface area contributed by atoms with Crippen LogP contribution in [0, 0.1) is 0 Å². The number of H-pyrrole nitrogens is 1. The van der Waals surface area contributed by atoms with Crippen LogP contribution >= 0.6 is 0 Å². The van der Waals surface area contributed by atoms with Crippen LogP contribution in [-0.2, 0) is 4.74 Å². The lowest BCUT2D eigenvalue weighted by molar-refractivity contribution is 0.112. The fourth-order valence-corrected chi connectivity index (χ4v) is 0.400. The number of carbonyl (C=O) groups excluding carboxylic acids is 1. The highest BCUT2D eigenvalue weighted by Crippen LogP contribution is 2.00. The molecule has 3 N–H and O–H groups in total. The summed E-state index contributed by atoms with van der Waals surface area (Å²) in [6.07, 6.45) is 2.02. The van der Waals surface area contributed by atoms with Crippen LogP contribution in [0.4, 0.5) is 5.69 Å². The molecule has 0 saturated carbocycles. The second kappa shape index (κ2) is 5.43. The molecule has 0 aromatic carbocycles. The number of aromatic nitrogens is 2. The Morgan fingerprint density at radius 3 is 2.45 bits per heavy atom. The summed E-state index contributed by atoms with van der Waals surface area (Å²) in [6, 6.07) is 0. The minimum Gasteiger partial charge on any atom is -0.396 e. The minimum atomic E-state index is 0.338. The van der Waals surface area contributed by atoms with E-state index in [0.717, 1.165) is 0 Å². The number of rotatable bonds is 1. The number of nitrogens with two attached hydrogens (primary N) is 1. The largest absolute Gasteiger partial charge is 0.396 e. The number of methoxy groups -OCH3 is 1. The summed E-state index contributed by atoms with van der Waals surface area (Å²) in [4.78, 5) is 9.94. The van der Waals surface area contributed by atoms with Crippen LogP contribution in [0.1, 0.15) is 10.5 Å². The van der Waals surface area contributed by atoms with E-state index < -0.39 is 0 Å². The third kappa shape index (κ3) is 3.36. The number of ether oxygens (including phenoxy) is 1. The van der Waals surface area contributed by atoms with Crippen LogP contribution in [0.15, 0.2) is 6.20 Å². The zero-order valence-corrected chi connectivity index (χ0v) is 6.50. The van der Waals surface area contributed by atoms with Crippen LogP contribution in [-0.4, -0.2) is 30.7 Å². The standard InChI is InChI=1S/C4H5N3O.C2H6O/c5-3-1-6-7-4(3)2-8;1-3-2/h1-2H,5H2,(H,6,7);1-2H3. The van der Waals surface area contributed by atoms with Crippen LogP contribution in [0.2, 0.25) is 0 Å². The molecular weight excluding hydrogens is 146 g/mol. The monoisotopic (exact) mass is 157 g/mol. The molecule has 1 heterocycles. The van der Waals surface area contributed by atoms with Crippen LogP contribution in [0.3, 0.4) is 0 Å². The maximum atomic E-state index is 9.94. The number of nitrogens with one attached hydrogen (secondary N) is 1. The Balaban J connectivity index is 0.000000292. The molecule has 0 saturated heterocycles. The topological polar surface area (TPSA) is 81.0 Å². The first-order valence-electron chi connectivity index (χ1n) is 2.90. The van der Waals surface area contributed by atoms with E-state index in [1.165, 1.54) is 6.20 Å². The molecule has 0 unspecified atom stereocenters. The first kappa shape index (κ1) is 9.64. The van der Waals surface area contributed by atoms with Gasteiger partial charge < -0.3 is 10.5 Å². The third-order valence-corrected chi connectivity index (χ3v) is 0.817. The summed E-state index contributed by atoms with van der Waals surface area (Å²) in [7, 11) is 3.25. The molecule has 0 atom stereocenters. The third-order valence-electron chi connectivity index (χ3n) is 0.817. The van der Waals surface area contributed by atoms with E-state index in [1.807, 2.05) is 0 Å². The molecule has 0 aliphatic heterocycles. The Labute approximate surface area is 64.5 Å². The highest BCUT2D eigenvalue weighted by molar-refractivity contribution is 5.79. The Morgan fingerprint density at radius 2 is 2.27 bits per heavy atom. The molecule has 0 aliphatic carbocycles. The van der Waals surface area contributed by atoms with Crippen molar-refractivity contribution in [3.05, 3.63) is 11.9 Å². The molecule has 5 nitrogen and oxygen atoms in total. The van der Waals surface area contributed by atoms with Crippen molar-refractivity contribution in [3.63, 3.8) is 0 Å². The molecule has 0 spiro atoms. The van der Waals surface area contributed by atoms with Gasteiger partial charge in [0.05, 0.1) is 11.9 Å². The SMILES string of the molecule is COC.Nc1cn[nH]c1C=O. The van der Waals surface area contributed by atoms with Gasteiger partial charge in [-0.25, -0.2) is 0 Å². The lowest BCUT2D eigenvalue weighted by Crippen LogP contribution is -1.87. The van der Waals surface area contributed by atoms with Crippen LogP contribution < -0.4 is 5.73 Å². The summed E-state index contributed by atoms with van der Waals surface area (Å²) in [5, 5.41) is 5.92. The summed E-state index contributed by atoms with van der Waals surface area (Å²) in [6.45, 7) is 0. The van der Waals surface area contributed by atoms with Crippen molar-refractivity contribution in [1.29, 1.82) is 0 Å². The van der Waals surface area contributed by atoms with Crippen molar-refractivity contribution in [2.24, 2.45) is 0 Å². The fourth-order valence-electron chi connectivity index (χ4n) is 0.400. The lowest BCUT2D eigenvalue weighted by atomic mass is 10.4. The first-order valence-corrected chi connectivity index (χ1v) is 2.90. The summed E-state index contributed by atoms with van der Waals surface area (Å²) in [5.74, 6) is 0. The van der Waals surface area contributed by atoms with E-state index in [1.54, 1.807) is 14.2 Å². The normalized spacial score (nSPS) is 8.18. The van der Waals surface area contributed by atoms with Crippen molar-refractivity contribution in [2.75, 3.05) is 20.0 Å². The zero-order valence-electron chi connectivity index (χ0n) is 6.50. The van der Waals surface area contributed by atoms with Crippen molar-refractivity contribution in [2.45, 2.75) is 0 Å². The molecule has 5 heteroatoms. The molecule has 62 valence electrons. The van der Waals surface area contributed by atoms with Crippen molar-refractivity contribution >= 4 is 12.0 Å². The Bertz CT molecular complexity index is 209. The number of anilines is 1. The van der Waals surface area contributed by atoms with Crippen LogP contribution in [0.5, 0.6) is 0 Å². The Morgan fingerprint density at radius 1 is 1.73 bits per heavy atom. The van der Waals surface area contributed by atoms with E-state index >= 15 is 0 Å². The van der Waals surface area contributed by atoms with Gasteiger partial charge >= 0.3 is 0 Å². The summed E-state index contributed by atoms with van der Waals surface area (Å²) < 4.78 is 4.25. The molecule has 1 aromatic heterocycles. The first-order chi connectivity index (χ1) is 5.26. The van der Waals surface area contributed by atoms with Gasteiger partial charge in [-0.3, -0.25) is 9.89 Å². The predicted octanol–water partition coefficient (Wildman–Crippen LogP) is 0.0670. The Hall–Kier alpha value is -1.36. The predicted molar refractivity (Wildman–Crippen MR) is 41.3 cm³/mol. The summed E-state index contributed by atoms with van der Waals surface area (Å²) >= 11 is 0. The second-order valence-corrected chi connectivity index (χ2v) is 1.77. The van der Waals surface area contributed by atoms with Gasteiger partial charge in [0.2, 0.25) is 0 Å². The number of nitrogens with zero attached hydrogens (tertiary/aromatic N) is 1. The van der Waals surface area contributed by atoms with Gasteiger partial charge in [0, 0.05) is 14.2 Å². The maximum Gasteiger partial charge on any atom is 0.169 e. The fraction of sp³-hybridized carbons (Fsp3) is 0.333. The van der Waals surface area contributed by atoms with E-state index in [9.17, 15) is 4.79 Å². The molecule has 0 fully saturated rings. The molecule has 0 radical (unpaired) electrons. The molecule has 1 aromatic rings. The molecule has 0 bridgehead atoms. The number of aromatic amines is 1. The van der Waals surface area contributed by atoms with Crippen LogP contribution in [0.25, 0.3) is 0 Å². The van der Waals surface area contributed by atoms with Crippen molar-refractivity contribution < 1.29 is 9.53 Å². The van der Waals surface area contributed by atoms with Gasteiger partial charge in [0.15, 0.2) is 6.29 Å². The molecular formula is C6H11N3O2. The van der Waals surface area contributed by atoms with Gasteiger partial charge in [-0.05, 0) is 0 Å².